The Morgan fingerprint density at radius 1 is 1.32 bits per heavy atom. The Hall–Kier alpha value is -0.750. The molecule has 0 aromatic heterocycles. The van der Waals surface area contributed by atoms with Crippen molar-refractivity contribution in [3.05, 3.63) is 0 Å². The molecule has 0 spiro atoms. The number of rotatable bonds is 6. The number of amides is 3. The third-order valence-electron chi connectivity index (χ3n) is 3.26. The van der Waals surface area contributed by atoms with Gasteiger partial charge in [-0.2, -0.15) is 11.8 Å². The number of urea groups is 1. The average molecular weight is 287 g/mol. The second kappa shape index (κ2) is 8.43. The monoisotopic (exact) mass is 287 g/mol. The lowest BCUT2D eigenvalue weighted by Gasteiger charge is -2.23. The van der Waals surface area contributed by atoms with Crippen molar-refractivity contribution in [2.24, 2.45) is 0 Å². The Bertz CT molecular complexity index is 312. The maximum Gasteiger partial charge on any atom is 0.321 e. The zero-order valence-corrected chi connectivity index (χ0v) is 12.8. The first-order valence-electron chi connectivity index (χ1n) is 7.04. The van der Waals surface area contributed by atoms with Gasteiger partial charge in [0.05, 0.1) is 6.04 Å². The Morgan fingerprint density at radius 2 is 2.05 bits per heavy atom. The highest BCUT2D eigenvalue weighted by molar-refractivity contribution is 7.99. The molecule has 5 nitrogen and oxygen atoms in total. The minimum Gasteiger partial charge on any atom is -0.338 e. The molecular weight excluding hydrogens is 262 g/mol. The molecular formula is C13H25N3O2S. The summed E-state index contributed by atoms with van der Waals surface area (Å²) in [6.07, 6.45) is 3.53. The second-order valence-electron chi connectivity index (χ2n) is 4.77. The van der Waals surface area contributed by atoms with E-state index in [1.807, 2.05) is 18.7 Å². The van der Waals surface area contributed by atoms with Crippen molar-refractivity contribution in [2.75, 3.05) is 12.3 Å². The molecule has 1 rings (SSSR count). The molecule has 110 valence electrons. The van der Waals surface area contributed by atoms with Gasteiger partial charge in [0.2, 0.25) is 5.91 Å². The molecule has 3 amide bonds. The van der Waals surface area contributed by atoms with E-state index in [-0.39, 0.29) is 11.9 Å². The van der Waals surface area contributed by atoms with Gasteiger partial charge in [0.1, 0.15) is 0 Å². The predicted molar refractivity (Wildman–Crippen MR) is 79.4 cm³/mol. The number of carbonyl (C=O) groups is 2. The summed E-state index contributed by atoms with van der Waals surface area (Å²) in [4.78, 5) is 23.1. The molecule has 3 unspecified atom stereocenters. The lowest BCUT2D eigenvalue weighted by molar-refractivity contribution is -0.121. The fourth-order valence-corrected chi connectivity index (χ4v) is 3.56. The molecule has 0 bridgehead atoms. The third kappa shape index (κ3) is 5.40. The number of imide groups is 1. The molecule has 19 heavy (non-hydrogen) atoms. The van der Waals surface area contributed by atoms with Gasteiger partial charge in [-0.15, -0.1) is 0 Å². The average Bonchev–Trinajstić information content (AvgIpc) is 2.77. The summed E-state index contributed by atoms with van der Waals surface area (Å²) in [6.45, 7) is 6.29. The standard InChI is InChI=1S/C13H25N3O2S/c1-4-14-13(18)16-12(17)9(3)15-10-7-6-8-11(10)19-5-2/h9-11,15H,4-8H2,1-3H3,(H2,14,16,17,18). The van der Waals surface area contributed by atoms with Crippen LogP contribution in [0.15, 0.2) is 0 Å². The zero-order valence-electron chi connectivity index (χ0n) is 12.0. The van der Waals surface area contributed by atoms with Crippen LogP contribution in [0.25, 0.3) is 0 Å². The first-order chi connectivity index (χ1) is 9.08. The van der Waals surface area contributed by atoms with Gasteiger partial charge in [-0.3, -0.25) is 10.1 Å². The molecule has 0 aliphatic heterocycles. The number of hydrogen-bond acceptors (Lipinski definition) is 4. The molecule has 0 radical (unpaired) electrons. The Balaban J connectivity index is 2.38. The topological polar surface area (TPSA) is 70.2 Å². The van der Waals surface area contributed by atoms with Crippen LogP contribution in [0, 0.1) is 0 Å². The molecule has 3 atom stereocenters. The van der Waals surface area contributed by atoms with Crippen molar-refractivity contribution >= 4 is 23.7 Å². The van der Waals surface area contributed by atoms with Crippen molar-refractivity contribution in [3.8, 4) is 0 Å². The lowest BCUT2D eigenvalue weighted by Crippen LogP contribution is -2.51. The van der Waals surface area contributed by atoms with E-state index in [1.54, 1.807) is 6.92 Å². The van der Waals surface area contributed by atoms with Gasteiger partial charge in [0.15, 0.2) is 0 Å². The summed E-state index contributed by atoms with van der Waals surface area (Å²) in [7, 11) is 0. The minimum atomic E-state index is -0.424. The van der Waals surface area contributed by atoms with Crippen molar-refractivity contribution in [3.63, 3.8) is 0 Å². The molecule has 1 saturated carbocycles. The summed E-state index contributed by atoms with van der Waals surface area (Å²) < 4.78 is 0. The summed E-state index contributed by atoms with van der Waals surface area (Å²) in [6, 6.07) is -0.391. The highest BCUT2D eigenvalue weighted by Crippen LogP contribution is 2.30. The van der Waals surface area contributed by atoms with Crippen LogP contribution in [-0.4, -0.2) is 41.6 Å². The number of hydrogen-bond donors (Lipinski definition) is 3. The molecule has 3 N–H and O–H groups in total. The molecule has 1 aliphatic rings. The van der Waals surface area contributed by atoms with Gasteiger partial charge >= 0.3 is 6.03 Å². The largest absolute Gasteiger partial charge is 0.338 e. The van der Waals surface area contributed by atoms with Gasteiger partial charge in [0, 0.05) is 17.8 Å². The first kappa shape index (κ1) is 16.3. The number of carbonyl (C=O) groups excluding carboxylic acids is 2. The fraction of sp³-hybridized carbons (Fsp3) is 0.846. The van der Waals surface area contributed by atoms with Gasteiger partial charge in [-0.1, -0.05) is 13.3 Å². The van der Waals surface area contributed by atoms with E-state index in [0.717, 1.165) is 12.2 Å². The molecule has 1 aliphatic carbocycles. The van der Waals surface area contributed by atoms with Crippen LogP contribution in [0.3, 0.4) is 0 Å². The van der Waals surface area contributed by atoms with Crippen LogP contribution < -0.4 is 16.0 Å². The number of nitrogens with one attached hydrogen (secondary N) is 3. The normalized spacial score (nSPS) is 23.9. The molecule has 1 fully saturated rings. The van der Waals surface area contributed by atoms with Crippen LogP contribution in [-0.2, 0) is 4.79 Å². The minimum absolute atomic E-state index is 0.266. The van der Waals surface area contributed by atoms with Gasteiger partial charge < -0.3 is 10.6 Å². The summed E-state index contributed by atoms with van der Waals surface area (Å²) >= 11 is 1.95. The molecule has 6 heteroatoms. The van der Waals surface area contributed by atoms with Crippen LogP contribution >= 0.6 is 11.8 Å². The molecule has 0 saturated heterocycles. The van der Waals surface area contributed by atoms with Crippen LogP contribution in [0.2, 0.25) is 0 Å². The quantitative estimate of drug-likeness (QED) is 0.692. The SMILES string of the molecule is CCNC(=O)NC(=O)C(C)NC1CCCC1SCC. The van der Waals surface area contributed by atoms with Gasteiger partial charge in [0.25, 0.3) is 0 Å². The first-order valence-corrected chi connectivity index (χ1v) is 8.09. The van der Waals surface area contributed by atoms with Crippen molar-refractivity contribution in [2.45, 2.75) is 57.4 Å². The van der Waals surface area contributed by atoms with Crippen LogP contribution in [0.1, 0.15) is 40.0 Å². The van der Waals surface area contributed by atoms with E-state index < -0.39 is 6.03 Å². The zero-order chi connectivity index (χ0) is 14.3. The van der Waals surface area contributed by atoms with Crippen molar-refractivity contribution in [1.82, 2.24) is 16.0 Å². The predicted octanol–water partition coefficient (Wildman–Crippen LogP) is 1.48. The van der Waals surface area contributed by atoms with E-state index in [9.17, 15) is 9.59 Å². The lowest BCUT2D eigenvalue weighted by atomic mass is 10.2. The Kier molecular flexibility index (Phi) is 7.23. The Labute approximate surface area is 119 Å². The fourth-order valence-electron chi connectivity index (χ4n) is 2.35. The molecule has 0 aromatic rings. The van der Waals surface area contributed by atoms with E-state index in [4.69, 9.17) is 0 Å². The third-order valence-corrected chi connectivity index (χ3v) is 4.59. The highest BCUT2D eigenvalue weighted by Gasteiger charge is 2.29. The van der Waals surface area contributed by atoms with E-state index in [2.05, 4.69) is 22.9 Å². The summed E-state index contributed by atoms with van der Waals surface area (Å²) in [5.41, 5.74) is 0. The van der Waals surface area contributed by atoms with E-state index >= 15 is 0 Å². The second-order valence-corrected chi connectivity index (χ2v) is 6.28. The molecule has 0 aromatic carbocycles. The van der Waals surface area contributed by atoms with Crippen LogP contribution in [0.5, 0.6) is 0 Å². The van der Waals surface area contributed by atoms with Crippen LogP contribution in [0.4, 0.5) is 4.79 Å². The van der Waals surface area contributed by atoms with Crippen molar-refractivity contribution in [1.29, 1.82) is 0 Å². The molecule has 0 heterocycles. The van der Waals surface area contributed by atoms with E-state index in [1.165, 1.54) is 12.8 Å². The number of thioether (sulfide) groups is 1. The Morgan fingerprint density at radius 3 is 2.68 bits per heavy atom. The highest BCUT2D eigenvalue weighted by atomic mass is 32.2. The van der Waals surface area contributed by atoms with Gasteiger partial charge in [-0.05, 0) is 32.4 Å². The smallest absolute Gasteiger partial charge is 0.321 e. The van der Waals surface area contributed by atoms with Crippen molar-refractivity contribution < 1.29 is 9.59 Å². The van der Waals surface area contributed by atoms with Gasteiger partial charge in [-0.25, -0.2) is 4.79 Å². The maximum atomic E-state index is 11.8. The summed E-state index contributed by atoms with van der Waals surface area (Å²) in [5, 5.41) is 8.83. The van der Waals surface area contributed by atoms with E-state index in [0.29, 0.717) is 17.8 Å². The summed E-state index contributed by atoms with van der Waals surface area (Å²) in [5.74, 6) is 0.834. The maximum absolute atomic E-state index is 11.8.